The molecule has 1 heterocycles. The molecular weight excluding hydrogens is 370 g/mol. The number of pyridine rings is 1. The van der Waals surface area contributed by atoms with E-state index in [0.29, 0.717) is 0 Å². The zero-order valence-corrected chi connectivity index (χ0v) is 13.6. The van der Waals surface area contributed by atoms with Crippen molar-refractivity contribution in [1.29, 1.82) is 0 Å². The normalized spacial score (nSPS) is 17.6. The van der Waals surface area contributed by atoms with Gasteiger partial charge >= 0.3 is 0 Å². The summed E-state index contributed by atoms with van der Waals surface area (Å²) in [5, 5.41) is 10.6. The molecule has 0 saturated carbocycles. The standard InChI is InChI=1S/C15H13Br2NO/c1-8-4-9-2-3-10-6-11(16)7-18-14(10)15(19)13(9)12(17)5-8/h4-7,15,19H,2-3H2,1H3. The van der Waals surface area contributed by atoms with Gasteiger partial charge in [-0.3, -0.25) is 4.98 Å². The van der Waals surface area contributed by atoms with Gasteiger partial charge in [0.05, 0.1) is 5.69 Å². The quantitative estimate of drug-likeness (QED) is 0.744. The third-order valence-electron chi connectivity index (χ3n) is 3.52. The average molecular weight is 383 g/mol. The van der Waals surface area contributed by atoms with Crippen LogP contribution in [0.4, 0.5) is 0 Å². The Morgan fingerprint density at radius 3 is 2.68 bits per heavy atom. The highest BCUT2D eigenvalue weighted by molar-refractivity contribution is 9.10. The number of aryl methyl sites for hydroxylation is 3. The summed E-state index contributed by atoms with van der Waals surface area (Å²) >= 11 is 7.02. The van der Waals surface area contributed by atoms with Crippen LogP contribution >= 0.6 is 31.9 Å². The van der Waals surface area contributed by atoms with Crippen molar-refractivity contribution in [2.75, 3.05) is 0 Å². The number of fused-ring (bicyclic) bond motifs is 2. The fraction of sp³-hybridized carbons (Fsp3) is 0.267. The van der Waals surface area contributed by atoms with Crippen molar-refractivity contribution in [1.82, 2.24) is 4.98 Å². The van der Waals surface area contributed by atoms with Crippen molar-refractivity contribution in [2.24, 2.45) is 0 Å². The van der Waals surface area contributed by atoms with Gasteiger partial charge < -0.3 is 5.11 Å². The maximum absolute atomic E-state index is 10.6. The number of benzene rings is 1. The van der Waals surface area contributed by atoms with Gasteiger partial charge in [-0.2, -0.15) is 0 Å². The molecule has 0 radical (unpaired) electrons. The third kappa shape index (κ3) is 2.37. The summed E-state index contributed by atoms with van der Waals surface area (Å²) in [6.07, 6.45) is 2.92. The topological polar surface area (TPSA) is 33.1 Å². The second-order valence-corrected chi connectivity index (χ2v) is 6.69. The summed E-state index contributed by atoms with van der Waals surface area (Å²) in [5.41, 5.74) is 5.25. The molecule has 98 valence electrons. The average Bonchev–Trinajstić information content (AvgIpc) is 2.47. The predicted octanol–water partition coefficient (Wildman–Crippen LogP) is 4.10. The molecule has 4 heteroatoms. The first-order valence-corrected chi connectivity index (χ1v) is 7.76. The first kappa shape index (κ1) is 13.3. The Morgan fingerprint density at radius 1 is 1.16 bits per heavy atom. The second-order valence-electron chi connectivity index (χ2n) is 4.92. The molecule has 1 aliphatic carbocycles. The number of aromatic nitrogens is 1. The number of aliphatic hydroxyl groups excluding tert-OH is 1. The van der Waals surface area contributed by atoms with Gasteiger partial charge in [0, 0.05) is 20.7 Å². The molecule has 2 nitrogen and oxygen atoms in total. The van der Waals surface area contributed by atoms with E-state index >= 15 is 0 Å². The monoisotopic (exact) mass is 381 g/mol. The van der Waals surface area contributed by atoms with Crippen LogP contribution in [0.1, 0.15) is 34.1 Å². The molecule has 0 fully saturated rings. The molecule has 0 bridgehead atoms. The van der Waals surface area contributed by atoms with Crippen LogP contribution in [-0.2, 0) is 12.8 Å². The van der Waals surface area contributed by atoms with Gasteiger partial charge in [0.2, 0.25) is 0 Å². The predicted molar refractivity (Wildman–Crippen MR) is 82.3 cm³/mol. The van der Waals surface area contributed by atoms with Crippen LogP contribution in [0.3, 0.4) is 0 Å². The van der Waals surface area contributed by atoms with Crippen molar-refractivity contribution in [3.8, 4) is 0 Å². The Morgan fingerprint density at radius 2 is 1.89 bits per heavy atom. The zero-order valence-electron chi connectivity index (χ0n) is 10.5. The van der Waals surface area contributed by atoms with Crippen LogP contribution in [0.15, 0.2) is 33.3 Å². The van der Waals surface area contributed by atoms with E-state index in [0.717, 1.165) is 38.6 Å². The van der Waals surface area contributed by atoms with Crippen LogP contribution < -0.4 is 0 Å². The van der Waals surface area contributed by atoms with Crippen LogP contribution in [0, 0.1) is 6.92 Å². The number of rotatable bonds is 0. The molecule has 3 rings (SSSR count). The first-order chi connectivity index (χ1) is 9.06. The van der Waals surface area contributed by atoms with Crippen LogP contribution in [0.2, 0.25) is 0 Å². The van der Waals surface area contributed by atoms with E-state index in [1.165, 1.54) is 11.1 Å². The van der Waals surface area contributed by atoms with E-state index in [2.05, 4.69) is 55.9 Å². The van der Waals surface area contributed by atoms with Gasteiger partial charge in [0.25, 0.3) is 0 Å². The molecule has 19 heavy (non-hydrogen) atoms. The minimum Gasteiger partial charge on any atom is -0.382 e. The summed E-state index contributed by atoms with van der Waals surface area (Å²) < 4.78 is 1.92. The lowest BCUT2D eigenvalue weighted by Gasteiger charge is -2.16. The largest absolute Gasteiger partial charge is 0.382 e. The minimum absolute atomic E-state index is 0.657. The summed E-state index contributed by atoms with van der Waals surface area (Å²) in [7, 11) is 0. The molecule has 1 unspecified atom stereocenters. The lowest BCUT2D eigenvalue weighted by Crippen LogP contribution is -2.06. The van der Waals surface area contributed by atoms with Gasteiger partial charge in [0.1, 0.15) is 6.10 Å². The van der Waals surface area contributed by atoms with E-state index in [9.17, 15) is 5.11 Å². The van der Waals surface area contributed by atoms with E-state index in [-0.39, 0.29) is 0 Å². The molecule has 0 aliphatic heterocycles. The Hall–Kier alpha value is -0.710. The number of aliphatic hydroxyl groups is 1. The summed E-state index contributed by atoms with van der Waals surface area (Å²) in [5.74, 6) is 0. The molecule has 1 atom stereocenters. The minimum atomic E-state index is -0.657. The lowest BCUT2D eigenvalue weighted by atomic mass is 9.98. The van der Waals surface area contributed by atoms with Crippen molar-refractivity contribution in [3.63, 3.8) is 0 Å². The maximum atomic E-state index is 10.6. The fourth-order valence-electron chi connectivity index (χ4n) is 2.68. The van der Waals surface area contributed by atoms with Crippen molar-refractivity contribution in [2.45, 2.75) is 25.9 Å². The number of nitrogens with zero attached hydrogens (tertiary/aromatic N) is 1. The SMILES string of the molecule is Cc1cc(Br)c2c(c1)CCc1cc(Br)cnc1C2O. The second kappa shape index (κ2) is 5.00. The van der Waals surface area contributed by atoms with E-state index in [1.807, 2.05) is 6.07 Å². The van der Waals surface area contributed by atoms with Gasteiger partial charge in [-0.25, -0.2) is 0 Å². The molecule has 0 saturated heterocycles. The fourth-order valence-corrected chi connectivity index (χ4v) is 3.89. The van der Waals surface area contributed by atoms with Gasteiger partial charge in [-0.05, 0) is 64.5 Å². The van der Waals surface area contributed by atoms with Crippen molar-refractivity contribution in [3.05, 3.63) is 61.3 Å². The molecule has 2 aromatic rings. The summed E-state index contributed by atoms with van der Waals surface area (Å²) in [6, 6.07) is 6.26. The van der Waals surface area contributed by atoms with Gasteiger partial charge in [-0.15, -0.1) is 0 Å². The van der Waals surface area contributed by atoms with Crippen LogP contribution in [0.5, 0.6) is 0 Å². The molecule has 1 aliphatic rings. The van der Waals surface area contributed by atoms with E-state index in [1.54, 1.807) is 6.20 Å². The molecule has 1 aromatic carbocycles. The van der Waals surface area contributed by atoms with Crippen molar-refractivity contribution >= 4 is 31.9 Å². The smallest absolute Gasteiger partial charge is 0.123 e. The lowest BCUT2D eigenvalue weighted by molar-refractivity contribution is 0.213. The highest BCUT2D eigenvalue weighted by Crippen LogP contribution is 2.37. The molecule has 1 aromatic heterocycles. The third-order valence-corrected chi connectivity index (χ3v) is 4.61. The summed E-state index contributed by atoms with van der Waals surface area (Å²) in [6.45, 7) is 2.07. The van der Waals surface area contributed by atoms with Crippen LogP contribution in [-0.4, -0.2) is 10.1 Å². The Balaban J connectivity index is 2.20. The summed E-state index contributed by atoms with van der Waals surface area (Å²) in [4.78, 5) is 4.40. The maximum Gasteiger partial charge on any atom is 0.123 e. The van der Waals surface area contributed by atoms with Crippen LogP contribution in [0.25, 0.3) is 0 Å². The van der Waals surface area contributed by atoms with Gasteiger partial charge in [-0.1, -0.05) is 22.0 Å². The Bertz CT molecular complexity index is 655. The Labute approximate surface area is 129 Å². The molecular formula is C15H13Br2NO. The number of halogens is 2. The van der Waals surface area contributed by atoms with Gasteiger partial charge in [0.15, 0.2) is 0 Å². The molecule has 1 N–H and O–H groups in total. The highest BCUT2D eigenvalue weighted by atomic mass is 79.9. The molecule has 0 spiro atoms. The van der Waals surface area contributed by atoms with E-state index < -0.39 is 6.10 Å². The van der Waals surface area contributed by atoms with Crippen molar-refractivity contribution < 1.29 is 5.11 Å². The van der Waals surface area contributed by atoms with E-state index in [4.69, 9.17) is 0 Å². The number of hydrogen-bond donors (Lipinski definition) is 1. The zero-order chi connectivity index (χ0) is 13.6. The molecule has 0 amide bonds. The first-order valence-electron chi connectivity index (χ1n) is 6.17. The number of hydrogen-bond acceptors (Lipinski definition) is 2. The highest BCUT2D eigenvalue weighted by Gasteiger charge is 2.25. The Kier molecular flexibility index (Phi) is 3.50.